The molecule has 3 N–H and O–H groups in total. The minimum absolute atomic E-state index is 0.112. The number of methoxy groups -OCH3 is 1. The molecule has 0 aliphatic heterocycles. The average molecular weight is 492 g/mol. The molecule has 0 bridgehead atoms. The Balaban J connectivity index is 1.88. The highest BCUT2D eigenvalue weighted by atomic mass is 32.2. The van der Waals surface area contributed by atoms with Crippen LogP contribution in [0.15, 0.2) is 44.7 Å². The maximum atomic E-state index is 13.0. The Labute approximate surface area is 197 Å². The third-order valence-corrected chi connectivity index (χ3v) is 7.38. The van der Waals surface area contributed by atoms with Crippen molar-refractivity contribution in [2.24, 2.45) is 7.05 Å². The molecular formula is C21H23N4O6S2+. The van der Waals surface area contributed by atoms with Gasteiger partial charge in [-0.2, -0.15) is 0 Å². The number of ether oxygens (including phenoxy) is 1. The van der Waals surface area contributed by atoms with E-state index in [1.807, 2.05) is 6.07 Å². The molecule has 2 heterocycles. The maximum absolute atomic E-state index is 13.0. The van der Waals surface area contributed by atoms with E-state index in [2.05, 4.69) is 15.9 Å². The fourth-order valence-electron chi connectivity index (χ4n) is 2.98. The number of nitrogens with one attached hydrogen (secondary N) is 3. The third kappa shape index (κ3) is 5.34. The summed E-state index contributed by atoms with van der Waals surface area (Å²) in [5, 5.41) is 7.70. The molecule has 2 amide bonds. The van der Waals surface area contributed by atoms with E-state index in [1.54, 1.807) is 45.2 Å². The Morgan fingerprint density at radius 3 is 2.52 bits per heavy atom. The van der Waals surface area contributed by atoms with E-state index in [0.29, 0.717) is 17.7 Å². The van der Waals surface area contributed by atoms with Crippen LogP contribution in [-0.4, -0.2) is 35.4 Å². The summed E-state index contributed by atoms with van der Waals surface area (Å²) in [6, 6.07) is 8.89. The number of aryl methyl sites for hydroxylation is 1. The van der Waals surface area contributed by atoms with Crippen LogP contribution in [0.2, 0.25) is 0 Å². The summed E-state index contributed by atoms with van der Waals surface area (Å²) in [5.41, 5.74) is 0.520. The largest absolute Gasteiger partial charge is 0.465 e. The minimum Gasteiger partial charge on any atom is -0.465 e. The second-order valence-electron chi connectivity index (χ2n) is 6.92. The second-order valence-corrected chi connectivity index (χ2v) is 9.13. The van der Waals surface area contributed by atoms with E-state index in [1.165, 1.54) is 11.8 Å². The molecule has 0 fully saturated rings. The second kappa shape index (κ2) is 10.5. The number of hydrogen-bond acceptors (Lipinski definition) is 8. The van der Waals surface area contributed by atoms with E-state index in [9.17, 15) is 19.2 Å². The van der Waals surface area contributed by atoms with Gasteiger partial charge in [0, 0.05) is 5.69 Å². The summed E-state index contributed by atoms with van der Waals surface area (Å²) in [4.78, 5) is 50.4. The van der Waals surface area contributed by atoms with Gasteiger partial charge in [-0.25, -0.2) is 9.59 Å². The molecule has 0 radical (unpaired) electrons. The van der Waals surface area contributed by atoms with Crippen LogP contribution in [0, 0.1) is 6.92 Å². The first-order chi connectivity index (χ1) is 15.8. The Morgan fingerprint density at radius 1 is 1.24 bits per heavy atom. The molecule has 1 atom stereocenters. The van der Waals surface area contributed by atoms with Crippen molar-refractivity contribution in [2.75, 3.05) is 17.7 Å². The van der Waals surface area contributed by atoms with Gasteiger partial charge in [0.15, 0.2) is 7.05 Å². The Morgan fingerprint density at radius 2 is 1.94 bits per heavy atom. The number of aromatic amines is 1. The van der Waals surface area contributed by atoms with Crippen LogP contribution < -0.4 is 20.9 Å². The van der Waals surface area contributed by atoms with Crippen LogP contribution in [0.4, 0.5) is 10.7 Å². The molecule has 2 aromatic heterocycles. The van der Waals surface area contributed by atoms with E-state index in [-0.39, 0.29) is 20.5 Å². The number of H-pyrrole nitrogens is 1. The first-order valence-electron chi connectivity index (χ1n) is 9.89. The number of para-hydroxylation sites is 1. The van der Waals surface area contributed by atoms with Crippen LogP contribution >= 0.6 is 23.1 Å². The first kappa shape index (κ1) is 24.3. The van der Waals surface area contributed by atoms with Crippen LogP contribution in [0.5, 0.6) is 0 Å². The van der Waals surface area contributed by atoms with Crippen molar-refractivity contribution in [2.45, 2.75) is 30.5 Å². The number of carbonyl (C=O) groups excluding carboxylic acids is 3. The highest BCUT2D eigenvalue weighted by molar-refractivity contribution is 8.00. The Bertz CT molecular complexity index is 1230. The van der Waals surface area contributed by atoms with E-state index < -0.39 is 28.7 Å². The van der Waals surface area contributed by atoms with E-state index in [0.717, 1.165) is 23.1 Å². The zero-order valence-electron chi connectivity index (χ0n) is 18.4. The van der Waals surface area contributed by atoms with Gasteiger partial charge in [-0.1, -0.05) is 29.8 Å². The van der Waals surface area contributed by atoms with Crippen molar-refractivity contribution in [3.05, 3.63) is 56.8 Å². The third-order valence-electron chi connectivity index (χ3n) is 4.68. The maximum Gasteiger partial charge on any atom is 0.441 e. The molecule has 12 heteroatoms. The number of aromatic nitrogens is 2. The number of nitrogens with zero attached hydrogens (tertiary/aromatic N) is 1. The van der Waals surface area contributed by atoms with E-state index >= 15 is 0 Å². The van der Waals surface area contributed by atoms with Crippen molar-refractivity contribution in [1.29, 1.82) is 0 Å². The van der Waals surface area contributed by atoms with Gasteiger partial charge in [0.1, 0.15) is 5.00 Å². The normalized spacial score (nSPS) is 11.6. The molecule has 174 valence electrons. The number of anilines is 2. The molecule has 0 aliphatic carbocycles. The fourth-order valence-corrected chi connectivity index (χ4v) is 5.01. The monoisotopic (exact) mass is 491 g/mol. The number of thiophene rings is 1. The average Bonchev–Trinajstić information content (AvgIpc) is 3.30. The van der Waals surface area contributed by atoms with Crippen molar-refractivity contribution >= 4 is 51.6 Å². The van der Waals surface area contributed by atoms with E-state index in [4.69, 9.17) is 9.26 Å². The number of amides is 2. The summed E-state index contributed by atoms with van der Waals surface area (Å²) in [7, 11) is 2.82. The highest BCUT2D eigenvalue weighted by Crippen LogP contribution is 2.35. The van der Waals surface area contributed by atoms with Crippen LogP contribution in [-0.2, 0) is 16.6 Å². The quantitative estimate of drug-likeness (QED) is 0.251. The number of carbonyl (C=O) groups is 3. The van der Waals surface area contributed by atoms with Gasteiger partial charge in [-0.15, -0.1) is 11.3 Å². The number of hydrogen-bond donors (Lipinski definition) is 3. The van der Waals surface area contributed by atoms with Gasteiger partial charge in [-0.05, 0) is 48.1 Å². The topological polar surface area (TPSA) is 134 Å². The lowest BCUT2D eigenvalue weighted by atomic mass is 10.1. The fraction of sp³-hybridized carbons (Fsp3) is 0.286. The van der Waals surface area contributed by atoms with Crippen molar-refractivity contribution < 1.29 is 28.3 Å². The van der Waals surface area contributed by atoms with Gasteiger partial charge < -0.3 is 15.4 Å². The summed E-state index contributed by atoms with van der Waals surface area (Å²) in [6.07, 6.45) is 0.403. The molecule has 3 aromatic rings. The number of esters is 1. The zero-order chi connectivity index (χ0) is 24.1. The van der Waals surface area contributed by atoms with Crippen LogP contribution in [0.3, 0.4) is 0 Å². The van der Waals surface area contributed by atoms with Gasteiger partial charge in [0.05, 0.1) is 22.8 Å². The molecule has 1 aromatic carbocycles. The van der Waals surface area contributed by atoms with Crippen molar-refractivity contribution in [3.63, 3.8) is 0 Å². The molecule has 1 unspecified atom stereocenters. The predicted octanol–water partition coefficient (Wildman–Crippen LogP) is 2.71. The van der Waals surface area contributed by atoms with Gasteiger partial charge in [0.2, 0.25) is 5.91 Å². The SMILES string of the molecule is CCC(Sc1c(=O)o[nH][n+]1C)C(=O)Nc1sc(C(=O)Nc2ccccc2)c(C)c1C(=O)OC. The zero-order valence-corrected chi connectivity index (χ0v) is 20.0. The lowest BCUT2D eigenvalue weighted by Gasteiger charge is -2.12. The lowest BCUT2D eigenvalue weighted by molar-refractivity contribution is -0.772. The Kier molecular flexibility index (Phi) is 7.71. The lowest BCUT2D eigenvalue weighted by Crippen LogP contribution is -2.35. The molecule has 10 nitrogen and oxygen atoms in total. The smallest absolute Gasteiger partial charge is 0.441 e. The summed E-state index contributed by atoms with van der Waals surface area (Å²) in [6.45, 7) is 3.42. The minimum atomic E-state index is -0.670. The standard InChI is InChI=1S/C21H22N4O6S2/c1-5-13(32-19-21(29)31-24-25(19)3)16(26)23-18-14(20(28)30-4)11(2)15(33-18)17(27)22-12-9-7-6-8-10-12/h6-10,13H,5H2,1-4H3,(H2-,22,23,24,26,27,28,29)/p+1. The molecule has 0 saturated carbocycles. The van der Waals surface area contributed by atoms with Gasteiger partial charge >= 0.3 is 16.6 Å². The summed E-state index contributed by atoms with van der Waals surface area (Å²) < 4.78 is 11.0. The predicted molar refractivity (Wildman–Crippen MR) is 124 cm³/mol. The number of benzene rings is 1. The van der Waals surface area contributed by atoms with Crippen molar-refractivity contribution in [1.82, 2.24) is 5.27 Å². The summed E-state index contributed by atoms with van der Waals surface area (Å²) in [5.74, 6) is -1.51. The molecule has 0 spiro atoms. The van der Waals surface area contributed by atoms with Gasteiger partial charge in [0.25, 0.3) is 5.91 Å². The molecule has 3 rings (SSSR count). The first-order valence-corrected chi connectivity index (χ1v) is 11.6. The highest BCUT2D eigenvalue weighted by Gasteiger charge is 2.31. The van der Waals surface area contributed by atoms with Crippen molar-refractivity contribution in [3.8, 4) is 0 Å². The number of thioether (sulfide) groups is 1. The number of rotatable bonds is 8. The Hall–Kier alpha value is -3.38. The molecule has 33 heavy (non-hydrogen) atoms. The van der Waals surface area contributed by atoms with Crippen LogP contribution in [0.25, 0.3) is 0 Å². The molecular weight excluding hydrogens is 468 g/mol. The van der Waals surface area contributed by atoms with Gasteiger partial charge in [-0.3, -0.25) is 14.1 Å². The molecule has 0 aliphatic rings. The van der Waals surface area contributed by atoms with Crippen LogP contribution in [0.1, 0.15) is 38.9 Å². The summed E-state index contributed by atoms with van der Waals surface area (Å²) >= 11 is 2.02. The molecule has 0 saturated heterocycles.